The van der Waals surface area contributed by atoms with E-state index in [9.17, 15) is 9.59 Å². The summed E-state index contributed by atoms with van der Waals surface area (Å²) < 4.78 is 4.73. The highest BCUT2D eigenvalue weighted by Crippen LogP contribution is 2.09. The predicted octanol–water partition coefficient (Wildman–Crippen LogP) is 1.44. The van der Waals surface area contributed by atoms with Gasteiger partial charge >= 0.3 is 11.9 Å². The van der Waals surface area contributed by atoms with Crippen LogP contribution in [0.1, 0.15) is 33.6 Å². The molecule has 1 atom stereocenters. The van der Waals surface area contributed by atoms with E-state index in [1.54, 1.807) is 6.92 Å². The smallest absolute Gasteiger partial charge is 0.345 e. The van der Waals surface area contributed by atoms with Gasteiger partial charge in [0, 0.05) is 6.42 Å². The van der Waals surface area contributed by atoms with Crippen LogP contribution in [0.3, 0.4) is 0 Å². The third-order valence-electron chi connectivity index (χ3n) is 1.52. The minimum Gasteiger partial charge on any atom is -0.479 e. The number of carboxylic acid groups (broad SMARTS) is 1. The Hall–Kier alpha value is -1.06. The molecule has 0 aromatic heterocycles. The molecule has 0 saturated heterocycles. The molecule has 0 radical (unpaired) electrons. The first kappa shape index (κ1) is 11.9. The number of rotatable bonds is 5. The minimum atomic E-state index is -1.07. The lowest BCUT2D eigenvalue weighted by atomic mass is 10.1. The van der Waals surface area contributed by atoms with Crippen LogP contribution in [0.4, 0.5) is 0 Å². The first-order chi connectivity index (χ1) is 5.97. The van der Waals surface area contributed by atoms with Crippen LogP contribution in [0.15, 0.2) is 0 Å². The van der Waals surface area contributed by atoms with Crippen molar-refractivity contribution in [2.75, 3.05) is 0 Å². The monoisotopic (exact) mass is 188 g/mol. The quantitative estimate of drug-likeness (QED) is 0.663. The summed E-state index contributed by atoms with van der Waals surface area (Å²) in [6, 6.07) is 0. The SMILES string of the molecule is CCC(=O)O[C@@H](CC(C)C)C(=O)O. The average Bonchev–Trinajstić information content (AvgIpc) is 2.02. The molecule has 0 saturated carbocycles. The Morgan fingerprint density at radius 3 is 2.23 bits per heavy atom. The molecule has 0 aliphatic carbocycles. The fourth-order valence-corrected chi connectivity index (χ4v) is 0.869. The van der Waals surface area contributed by atoms with Gasteiger partial charge in [-0.15, -0.1) is 0 Å². The van der Waals surface area contributed by atoms with E-state index in [1.165, 1.54) is 0 Å². The molecule has 0 fully saturated rings. The molecule has 0 spiro atoms. The highest BCUT2D eigenvalue weighted by atomic mass is 16.6. The number of aliphatic carboxylic acids is 1. The summed E-state index contributed by atoms with van der Waals surface area (Å²) >= 11 is 0. The Bertz CT molecular complexity index is 186. The van der Waals surface area contributed by atoms with Gasteiger partial charge in [0.25, 0.3) is 0 Å². The lowest BCUT2D eigenvalue weighted by Crippen LogP contribution is -2.28. The van der Waals surface area contributed by atoms with Crippen molar-refractivity contribution >= 4 is 11.9 Å². The van der Waals surface area contributed by atoms with Crippen LogP contribution < -0.4 is 0 Å². The number of ether oxygens (including phenoxy) is 1. The van der Waals surface area contributed by atoms with Crippen molar-refractivity contribution in [3.63, 3.8) is 0 Å². The molecule has 0 aliphatic rings. The zero-order valence-corrected chi connectivity index (χ0v) is 8.24. The van der Waals surface area contributed by atoms with Crippen molar-refractivity contribution in [3.8, 4) is 0 Å². The van der Waals surface area contributed by atoms with E-state index in [1.807, 2.05) is 13.8 Å². The second-order valence-corrected chi connectivity index (χ2v) is 3.30. The van der Waals surface area contributed by atoms with Gasteiger partial charge in [-0.3, -0.25) is 4.79 Å². The zero-order chi connectivity index (χ0) is 10.4. The minimum absolute atomic E-state index is 0.200. The molecule has 0 amide bonds. The zero-order valence-electron chi connectivity index (χ0n) is 8.24. The predicted molar refractivity (Wildman–Crippen MR) is 47.3 cm³/mol. The van der Waals surface area contributed by atoms with E-state index >= 15 is 0 Å². The number of esters is 1. The fraction of sp³-hybridized carbons (Fsp3) is 0.778. The molecule has 0 aliphatic heterocycles. The van der Waals surface area contributed by atoms with E-state index in [4.69, 9.17) is 9.84 Å². The van der Waals surface area contributed by atoms with Crippen LogP contribution >= 0.6 is 0 Å². The van der Waals surface area contributed by atoms with Crippen LogP contribution in [-0.4, -0.2) is 23.1 Å². The Morgan fingerprint density at radius 1 is 1.38 bits per heavy atom. The summed E-state index contributed by atoms with van der Waals surface area (Å²) in [4.78, 5) is 21.4. The van der Waals surface area contributed by atoms with Crippen LogP contribution in [0.5, 0.6) is 0 Å². The highest BCUT2D eigenvalue weighted by Gasteiger charge is 2.22. The molecule has 0 aromatic carbocycles. The largest absolute Gasteiger partial charge is 0.479 e. The third-order valence-corrected chi connectivity index (χ3v) is 1.52. The standard InChI is InChI=1S/C9H16O4/c1-4-8(10)13-7(9(11)12)5-6(2)3/h6-7H,4-5H2,1-3H3,(H,11,12)/t7-/m0/s1. The number of hydrogen-bond donors (Lipinski definition) is 1. The summed E-state index contributed by atoms with van der Waals surface area (Å²) in [5.74, 6) is -1.34. The molecular weight excluding hydrogens is 172 g/mol. The van der Waals surface area contributed by atoms with Crippen molar-refractivity contribution in [1.29, 1.82) is 0 Å². The van der Waals surface area contributed by atoms with Crippen molar-refractivity contribution in [2.24, 2.45) is 5.92 Å². The van der Waals surface area contributed by atoms with Crippen molar-refractivity contribution < 1.29 is 19.4 Å². The third kappa shape index (κ3) is 5.22. The highest BCUT2D eigenvalue weighted by molar-refractivity contribution is 5.77. The van der Waals surface area contributed by atoms with Gasteiger partial charge in [0.2, 0.25) is 0 Å². The van der Waals surface area contributed by atoms with Crippen LogP contribution in [0.25, 0.3) is 0 Å². The first-order valence-corrected chi connectivity index (χ1v) is 4.39. The van der Waals surface area contributed by atoms with E-state index in [2.05, 4.69) is 0 Å². The number of carbonyl (C=O) groups excluding carboxylic acids is 1. The number of carboxylic acids is 1. The normalized spacial score (nSPS) is 12.6. The summed E-state index contributed by atoms with van der Waals surface area (Å²) in [6.07, 6.45) is -0.421. The Morgan fingerprint density at radius 2 is 1.92 bits per heavy atom. The fourth-order valence-electron chi connectivity index (χ4n) is 0.869. The summed E-state index contributed by atoms with van der Waals surface area (Å²) in [7, 11) is 0. The van der Waals surface area contributed by atoms with Gasteiger partial charge in [-0.25, -0.2) is 4.79 Å². The lowest BCUT2D eigenvalue weighted by Gasteiger charge is -2.14. The van der Waals surface area contributed by atoms with E-state index in [0.717, 1.165) is 0 Å². The lowest BCUT2D eigenvalue weighted by molar-refractivity contribution is -0.164. The molecule has 76 valence electrons. The molecule has 0 unspecified atom stereocenters. The second kappa shape index (κ2) is 5.56. The molecule has 0 aromatic rings. The maximum atomic E-state index is 10.8. The molecule has 0 rings (SSSR count). The van der Waals surface area contributed by atoms with Gasteiger partial charge < -0.3 is 9.84 Å². The van der Waals surface area contributed by atoms with Crippen molar-refractivity contribution in [2.45, 2.75) is 39.7 Å². The Kier molecular flexibility index (Phi) is 5.11. The molecule has 13 heavy (non-hydrogen) atoms. The van der Waals surface area contributed by atoms with Crippen LogP contribution in [0, 0.1) is 5.92 Å². The average molecular weight is 188 g/mol. The Labute approximate surface area is 77.9 Å². The summed E-state index contributed by atoms with van der Waals surface area (Å²) in [5, 5.41) is 8.69. The molecule has 4 nitrogen and oxygen atoms in total. The molecular formula is C9H16O4. The molecule has 4 heteroatoms. The van der Waals surface area contributed by atoms with Crippen molar-refractivity contribution in [1.82, 2.24) is 0 Å². The van der Waals surface area contributed by atoms with Crippen molar-refractivity contribution in [3.05, 3.63) is 0 Å². The van der Waals surface area contributed by atoms with E-state index in [-0.39, 0.29) is 12.3 Å². The maximum absolute atomic E-state index is 10.8. The van der Waals surface area contributed by atoms with E-state index in [0.29, 0.717) is 6.42 Å². The Balaban J connectivity index is 4.10. The van der Waals surface area contributed by atoms with Crippen LogP contribution in [-0.2, 0) is 14.3 Å². The number of carbonyl (C=O) groups is 2. The summed E-state index contributed by atoms with van der Waals surface area (Å²) in [5.41, 5.74) is 0. The van der Waals surface area contributed by atoms with Crippen LogP contribution in [0.2, 0.25) is 0 Å². The first-order valence-electron chi connectivity index (χ1n) is 4.39. The maximum Gasteiger partial charge on any atom is 0.345 e. The number of hydrogen-bond acceptors (Lipinski definition) is 3. The van der Waals surface area contributed by atoms with Gasteiger partial charge in [0.15, 0.2) is 6.10 Å². The molecule has 0 heterocycles. The molecule has 0 bridgehead atoms. The molecule has 1 N–H and O–H groups in total. The van der Waals surface area contributed by atoms with Gasteiger partial charge in [-0.2, -0.15) is 0 Å². The van der Waals surface area contributed by atoms with Gasteiger partial charge in [0.1, 0.15) is 0 Å². The second-order valence-electron chi connectivity index (χ2n) is 3.30. The van der Waals surface area contributed by atoms with Gasteiger partial charge in [0.05, 0.1) is 0 Å². The topological polar surface area (TPSA) is 63.6 Å². The van der Waals surface area contributed by atoms with E-state index < -0.39 is 18.0 Å². The summed E-state index contributed by atoms with van der Waals surface area (Å²) in [6.45, 7) is 5.40. The van der Waals surface area contributed by atoms with Gasteiger partial charge in [-0.05, 0) is 12.3 Å². The van der Waals surface area contributed by atoms with Gasteiger partial charge in [-0.1, -0.05) is 20.8 Å².